The van der Waals surface area contributed by atoms with Gasteiger partial charge in [-0.05, 0) is 44.1 Å². The summed E-state index contributed by atoms with van der Waals surface area (Å²) in [5, 5.41) is 0. The van der Waals surface area contributed by atoms with E-state index in [9.17, 15) is 4.79 Å². The maximum absolute atomic E-state index is 11.7. The van der Waals surface area contributed by atoms with Crippen LogP contribution in [0, 0.1) is 5.92 Å². The minimum atomic E-state index is -0.253. The van der Waals surface area contributed by atoms with Crippen molar-refractivity contribution in [2.45, 2.75) is 51.5 Å². The monoisotopic (exact) mass is 237 g/mol. The summed E-state index contributed by atoms with van der Waals surface area (Å²) < 4.78 is 4.82. The first-order chi connectivity index (χ1) is 8.19. The molecular weight excluding hydrogens is 214 g/mol. The summed E-state index contributed by atoms with van der Waals surface area (Å²) in [4.78, 5) is 11.7. The fraction of sp³-hybridized carbons (Fsp3) is 0.714. The lowest BCUT2D eigenvalue weighted by Gasteiger charge is -2.10. The largest absolute Gasteiger partial charge is 0.465 e. The normalized spacial score (nSPS) is 23.0. The SMILES string of the molecule is CCCCC=C=C(C(=O)OC)C1CCC(N)C1. The van der Waals surface area contributed by atoms with Gasteiger partial charge < -0.3 is 10.5 Å². The number of unbranched alkanes of at least 4 members (excludes halogenated alkanes) is 2. The van der Waals surface area contributed by atoms with Gasteiger partial charge in [0.25, 0.3) is 0 Å². The van der Waals surface area contributed by atoms with Gasteiger partial charge in [-0.15, -0.1) is 5.73 Å². The minimum Gasteiger partial charge on any atom is -0.465 e. The van der Waals surface area contributed by atoms with Gasteiger partial charge in [0, 0.05) is 6.04 Å². The molecule has 2 N–H and O–H groups in total. The van der Waals surface area contributed by atoms with E-state index in [1.54, 1.807) is 0 Å². The molecule has 17 heavy (non-hydrogen) atoms. The fourth-order valence-corrected chi connectivity index (χ4v) is 2.22. The summed E-state index contributed by atoms with van der Waals surface area (Å²) in [5.74, 6) is -0.0211. The zero-order chi connectivity index (χ0) is 12.7. The third-order valence-electron chi connectivity index (χ3n) is 3.25. The Bertz CT molecular complexity index is 316. The summed E-state index contributed by atoms with van der Waals surface area (Å²) in [6.45, 7) is 2.15. The molecule has 0 aromatic heterocycles. The molecule has 0 heterocycles. The number of hydrogen-bond acceptors (Lipinski definition) is 3. The lowest BCUT2D eigenvalue weighted by atomic mass is 9.97. The summed E-state index contributed by atoms with van der Waals surface area (Å²) >= 11 is 0. The topological polar surface area (TPSA) is 52.3 Å². The molecule has 0 aliphatic heterocycles. The van der Waals surface area contributed by atoms with Crippen LogP contribution >= 0.6 is 0 Å². The molecule has 1 fully saturated rings. The van der Waals surface area contributed by atoms with Crippen molar-refractivity contribution in [1.29, 1.82) is 0 Å². The van der Waals surface area contributed by atoms with Crippen molar-refractivity contribution in [2.75, 3.05) is 7.11 Å². The molecule has 0 radical (unpaired) electrons. The van der Waals surface area contributed by atoms with Crippen LogP contribution in [0.3, 0.4) is 0 Å². The predicted molar refractivity (Wildman–Crippen MR) is 68.5 cm³/mol. The molecule has 2 unspecified atom stereocenters. The second kappa shape index (κ2) is 7.31. The van der Waals surface area contributed by atoms with E-state index in [4.69, 9.17) is 10.5 Å². The molecule has 3 heteroatoms. The van der Waals surface area contributed by atoms with E-state index in [0.717, 1.165) is 38.5 Å². The standard InChI is InChI=1S/C14H23NO2/c1-3-4-5-6-7-13(14(16)17-2)11-8-9-12(15)10-11/h6,11-12H,3-5,8-10,15H2,1-2H3. The molecular formula is C14H23NO2. The second-order valence-electron chi connectivity index (χ2n) is 4.67. The highest BCUT2D eigenvalue weighted by atomic mass is 16.5. The number of nitrogens with two attached hydrogens (primary N) is 1. The Kier molecular flexibility index (Phi) is 6.03. The van der Waals surface area contributed by atoms with Crippen LogP contribution < -0.4 is 5.73 Å². The van der Waals surface area contributed by atoms with Crippen molar-refractivity contribution in [3.05, 3.63) is 17.4 Å². The first kappa shape index (κ1) is 14.0. The van der Waals surface area contributed by atoms with Crippen molar-refractivity contribution in [2.24, 2.45) is 11.7 Å². The van der Waals surface area contributed by atoms with Crippen LogP contribution in [-0.2, 0) is 9.53 Å². The van der Waals surface area contributed by atoms with Crippen molar-refractivity contribution in [3.63, 3.8) is 0 Å². The number of carbonyl (C=O) groups excluding carboxylic acids is 1. The van der Waals surface area contributed by atoms with Gasteiger partial charge >= 0.3 is 5.97 Å². The minimum absolute atomic E-state index is 0.220. The summed E-state index contributed by atoms with van der Waals surface area (Å²) in [6, 6.07) is 0.220. The number of ether oxygens (including phenoxy) is 1. The van der Waals surface area contributed by atoms with E-state index in [1.807, 2.05) is 6.08 Å². The van der Waals surface area contributed by atoms with Crippen LogP contribution in [-0.4, -0.2) is 19.1 Å². The van der Waals surface area contributed by atoms with Gasteiger partial charge in [0.15, 0.2) is 0 Å². The van der Waals surface area contributed by atoms with Crippen LogP contribution in [0.25, 0.3) is 0 Å². The van der Waals surface area contributed by atoms with Crippen LogP contribution in [0.5, 0.6) is 0 Å². The molecule has 0 aromatic carbocycles. The summed E-state index contributed by atoms with van der Waals surface area (Å²) in [6.07, 6.45) is 8.04. The van der Waals surface area contributed by atoms with Gasteiger partial charge in [0.2, 0.25) is 0 Å². The van der Waals surface area contributed by atoms with Crippen LogP contribution in [0.15, 0.2) is 17.4 Å². The molecule has 3 nitrogen and oxygen atoms in total. The highest BCUT2D eigenvalue weighted by Gasteiger charge is 2.28. The van der Waals surface area contributed by atoms with Gasteiger partial charge in [-0.2, -0.15) is 0 Å². The number of rotatable bonds is 5. The Labute approximate surface area is 104 Å². The average molecular weight is 237 g/mol. The second-order valence-corrected chi connectivity index (χ2v) is 4.67. The van der Waals surface area contributed by atoms with Gasteiger partial charge in [-0.1, -0.05) is 13.3 Å². The lowest BCUT2D eigenvalue weighted by Crippen LogP contribution is -2.17. The van der Waals surface area contributed by atoms with Crippen molar-refractivity contribution < 1.29 is 9.53 Å². The maximum atomic E-state index is 11.7. The van der Waals surface area contributed by atoms with Gasteiger partial charge in [-0.3, -0.25) is 0 Å². The Morgan fingerprint density at radius 2 is 2.29 bits per heavy atom. The van der Waals surface area contributed by atoms with E-state index in [1.165, 1.54) is 7.11 Å². The summed E-state index contributed by atoms with van der Waals surface area (Å²) in [7, 11) is 1.42. The Hall–Kier alpha value is -1.05. The van der Waals surface area contributed by atoms with Crippen molar-refractivity contribution in [3.8, 4) is 0 Å². The third-order valence-corrected chi connectivity index (χ3v) is 3.25. The quantitative estimate of drug-likeness (QED) is 0.346. The molecule has 0 aromatic rings. The van der Waals surface area contributed by atoms with Crippen LogP contribution in [0.4, 0.5) is 0 Å². The Morgan fingerprint density at radius 3 is 2.82 bits per heavy atom. The zero-order valence-electron chi connectivity index (χ0n) is 10.9. The molecule has 1 rings (SSSR count). The molecule has 1 saturated carbocycles. The predicted octanol–water partition coefficient (Wildman–Crippen LogP) is 2.56. The third kappa shape index (κ3) is 4.37. The molecule has 1 aliphatic rings. The van der Waals surface area contributed by atoms with E-state index in [0.29, 0.717) is 5.57 Å². The van der Waals surface area contributed by atoms with E-state index >= 15 is 0 Å². The lowest BCUT2D eigenvalue weighted by molar-refractivity contribution is -0.136. The Balaban J connectivity index is 2.73. The molecule has 0 saturated heterocycles. The van der Waals surface area contributed by atoms with E-state index in [-0.39, 0.29) is 17.9 Å². The highest BCUT2D eigenvalue weighted by Crippen LogP contribution is 2.30. The molecule has 96 valence electrons. The van der Waals surface area contributed by atoms with Crippen molar-refractivity contribution in [1.82, 2.24) is 0 Å². The highest BCUT2D eigenvalue weighted by molar-refractivity contribution is 5.88. The maximum Gasteiger partial charge on any atom is 0.341 e. The van der Waals surface area contributed by atoms with Gasteiger partial charge in [-0.25, -0.2) is 4.79 Å². The molecule has 0 spiro atoms. The number of esters is 1. The fourth-order valence-electron chi connectivity index (χ4n) is 2.22. The smallest absolute Gasteiger partial charge is 0.341 e. The first-order valence-corrected chi connectivity index (χ1v) is 6.48. The molecule has 0 amide bonds. The van der Waals surface area contributed by atoms with Crippen LogP contribution in [0.2, 0.25) is 0 Å². The molecule has 2 atom stereocenters. The van der Waals surface area contributed by atoms with Crippen LogP contribution in [0.1, 0.15) is 45.4 Å². The van der Waals surface area contributed by atoms with Gasteiger partial charge in [0.05, 0.1) is 12.7 Å². The first-order valence-electron chi connectivity index (χ1n) is 6.48. The zero-order valence-corrected chi connectivity index (χ0v) is 10.9. The average Bonchev–Trinajstić information content (AvgIpc) is 2.75. The van der Waals surface area contributed by atoms with Crippen molar-refractivity contribution >= 4 is 5.97 Å². The summed E-state index contributed by atoms with van der Waals surface area (Å²) in [5.41, 5.74) is 9.68. The molecule has 1 aliphatic carbocycles. The Morgan fingerprint density at radius 1 is 1.53 bits per heavy atom. The van der Waals surface area contributed by atoms with E-state index in [2.05, 4.69) is 12.7 Å². The number of carbonyl (C=O) groups is 1. The number of hydrogen-bond donors (Lipinski definition) is 1. The number of methoxy groups -OCH3 is 1. The van der Waals surface area contributed by atoms with E-state index < -0.39 is 0 Å². The van der Waals surface area contributed by atoms with Gasteiger partial charge in [0.1, 0.15) is 0 Å². The molecule has 0 bridgehead atoms.